The lowest BCUT2D eigenvalue weighted by molar-refractivity contribution is -0.123. The van der Waals surface area contributed by atoms with Crippen molar-refractivity contribution in [1.29, 1.82) is 0 Å². The predicted molar refractivity (Wildman–Crippen MR) is 119 cm³/mol. The van der Waals surface area contributed by atoms with Crippen LogP contribution in [0.3, 0.4) is 0 Å². The molecule has 0 aromatic heterocycles. The van der Waals surface area contributed by atoms with Crippen LogP contribution < -0.4 is 5.32 Å². The van der Waals surface area contributed by atoms with Crippen LogP contribution in [0.2, 0.25) is 0 Å². The van der Waals surface area contributed by atoms with E-state index in [1.54, 1.807) is 0 Å². The van der Waals surface area contributed by atoms with Crippen LogP contribution >= 0.6 is 0 Å². The molecule has 6 nitrogen and oxygen atoms in total. The van der Waals surface area contributed by atoms with Crippen molar-refractivity contribution in [2.75, 3.05) is 32.7 Å². The van der Waals surface area contributed by atoms with E-state index in [1.165, 1.54) is 9.87 Å². The van der Waals surface area contributed by atoms with Gasteiger partial charge in [-0.1, -0.05) is 67.1 Å². The second-order valence-corrected chi connectivity index (χ2v) is 9.82. The summed E-state index contributed by atoms with van der Waals surface area (Å²) >= 11 is 0. The number of rotatable bonds is 8. The van der Waals surface area contributed by atoms with Crippen LogP contribution in [-0.4, -0.2) is 56.3 Å². The lowest BCUT2D eigenvalue weighted by Gasteiger charge is -2.33. The number of aryl methyl sites for hydroxylation is 1. The molecule has 0 saturated carbocycles. The first-order valence-electron chi connectivity index (χ1n) is 10.5. The molecular weight excluding hydrogens is 398 g/mol. The molecule has 1 fully saturated rings. The summed E-state index contributed by atoms with van der Waals surface area (Å²) in [7, 11) is -3.34. The fourth-order valence-corrected chi connectivity index (χ4v) is 5.22. The average Bonchev–Trinajstić information content (AvgIpc) is 2.73. The third-order valence-corrected chi connectivity index (χ3v) is 7.36. The SMILES string of the molecule is CC[C@H](NC(=O)CN1CCN(S(=O)(=O)Cc2ccccc2)CC1)c1ccc(C)cc1. The molecule has 3 rings (SSSR count). The smallest absolute Gasteiger partial charge is 0.234 e. The molecule has 7 heteroatoms. The molecule has 2 aromatic rings. The van der Waals surface area contributed by atoms with Crippen molar-refractivity contribution in [2.45, 2.75) is 32.1 Å². The summed E-state index contributed by atoms with van der Waals surface area (Å²) < 4.78 is 26.9. The summed E-state index contributed by atoms with van der Waals surface area (Å²) in [6, 6.07) is 17.4. The molecule has 2 aromatic carbocycles. The Morgan fingerprint density at radius 1 is 1.00 bits per heavy atom. The minimum Gasteiger partial charge on any atom is -0.348 e. The number of carbonyl (C=O) groups is 1. The highest BCUT2D eigenvalue weighted by Gasteiger charge is 2.28. The number of sulfonamides is 1. The van der Waals surface area contributed by atoms with Gasteiger partial charge >= 0.3 is 0 Å². The van der Waals surface area contributed by atoms with E-state index in [2.05, 4.69) is 36.5 Å². The molecule has 1 aliphatic rings. The van der Waals surface area contributed by atoms with E-state index in [0.717, 1.165) is 17.5 Å². The van der Waals surface area contributed by atoms with Gasteiger partial charge in [0.2, 0.25) is 15.9 Å². The Hall–Kier alpha value is -2.22. The number of piperazine rings is 1. The molecule has 1 aliphatic heterocycles. The first-order valence-corrected chi connectivity index (χ1v) is 12.1. The third-order valence-electron chi connectivity index (χ3n) is 5.51. The van der Waals surface area contributed by atoms with Crippen LogP contribution in [0.4, 0.5) is 0 Å². The summed E-state index contributed by atoms with van der Waals surface area (Å²) in [5, 5.41) is 3.11. The van der Waals surface area contributed by atoms with Gasteiger partial charge in [-0.15, -0.1) is 0 Å². The van der Waals surface area contributed by atoms with Crippen LogP contribution in [0.5, 0.6) is 0 Å². The van der Waals surface area contributed by atoms with E-state index in [9.17, 15) is 13.2 Å². The third kappa shape index (κ3) is 6.14. The van der Waals surface area contributed by atoms with Crippen LogP contribution in [0.15, 0.2) is 54.6 Å². The predicted octanol–water partition coefficient (Wildman–Crippen LogP) is 2.71. The molecule has 0 spiro atoms. The highest BCUT2D eigenvalue weighted by atomic mass is 32.2. The van der Waals surface area contributed by atoms with Crippen molar-refractivity contribution in [3.63, 3.8) is 0 Å². The molecular formula is C23H31N3O3S. The lowest BCUT2D eigenvalue weighted by Crippen LogP contribution is -2.51. The number of nitrogens with zero attached hydrogens (tertiary/aromatic N) is 2. The topological polar surface area (TPSA) is 69.7 Å². The Morgan fingerprint density at radius 3 is 2.23 bits per heavy atom. The van der Waals surface area contributed by atoms with E-state index < -0.39 is 10.0 Å². The number of hydrogen-bond acceptors (Lipinski definition) is 4. The molecule has 162 valence electrons. The monoisotopic (exact) mass is 429 g/mol. The first kappa shape index (κ1) is 22.5. The Morgan fingerprint density at radius 2 is 1.63 bits per heavy atom. The van der Waals surface area contributed by atoms with Crippen LogP contribution in [0.25, 0.3) is 0 Å². The zero-order valence-corrected chi connectivity index (χ0v) is 18.6. The molecule has 0 aliphatic carbocycles. The molecule has 1 amide bonds. The number of benzene rings is 2. The summed E-state index contributed by atoms with van der Waals surface area (Å²) in [5.41, 5.74) is 3.09. The molecule has 0 unspecified atom stereocenters. The highest BCUT2D eigenvalue weighted by molar-refractivity contribution is 7.88. The van der Waals surface area contributed by atoms with Crippen molar-refractivity contribution in [1.82, 2.24) is 14.5 Å². The Balaban J connectivity index is 1.49. The fraction of sp³-hybridized carbons (Fsp3) is 0.435. The average molecular weight is 430 g/mol. The van der Waals surface area contributed by atoms with Crippen molar-refractivity contribution in [3.05, 3.63) is 71.3 Å². The Labute approximate surface area is 179 Å². The van der Waals surface area contributed by atoms with Gasteiger partial charge in [0.05, 0.1) is 18.3 Å². The first-order chi connectivity index (χ1) is 14.4. The van der Waals surface area contributed by atoms with Gasteiger partial charge in [-0.25, -0.2) is 8.42 Å². The minimum atomic E-state index is -3.34. The Bertz CT molecular complexity index is 922. The Kier molecular flexibility index (Phi) is 7.64. The van der Waals surface area contributed by atoms with Crippen molar-refractivity contribution >= 4 is 15.9 Å². The fourth-order valence-electron chi connectivity index (χ4n) is 3.70. The van der Waals surface area contributed by atoms with Crippen LogP contribution in [-0.2, 0) is 20.6 Å². The zero-order valence-electron chi connectivity index (χ0n) is 17.8. The maximum Gasteiger partial charge on any atom is 0.234 e. The van der Waals surface area contributed by atoms with E-state index in [-0.39, 0.29) is 24.2 Å². The number of amides is 1. The summed E-state index contributed by atoms with van der Waals surface area (Å²) in [6.45, 7) is 6.33. The van der Waals surface area contributed by atoms with Crippen LogP contribution in [0.1, 0.15) is 36.1 Å². The van der Waals surface area contributed by atoms with Crippen molar-refractivity contribution in [2.24, 2.45) is 0 Å². The normalized spacial score (nSPS) is 16.9. The second-order valence-electron chi connectivity index (χ2n) is 7.86. The zero-order chi connectivity index (χ0) is 21.6. The van der Waals surface area contributed by atoms with Gasteiger partial charge in [-0.3, -0.25) is 9.69 Å². The minimum absolute atomic E-state index is 0.00867. The number of carbonyl (C=O) groups excluding carboxylic acids is 1. The lowest BCUT2D eigenvalue weighted by atomic mass is 10.0. The van der Waals surface area contributed by atoms with Gasteiger partial charge < -0.3 is 5.32 Å². The van der Waals surface area contributed by atoms with Gasteiger partial charge in [0.15, 0.2) is 0 Å². The largest absolute Gasteiger partial charge is 0.348 e. The van der Waals surface area contributed by atoms with Crippen molar-refractivity contribution < 1.29 is 13.2 Å². The summed E-state index contributed by atoms with van der Waals surface area (Å²) in [4.78, 5) is 14.6. The van der Waals surface area contributed by atoms with E-state index in [0.29, 0.717) is 26.2 Å². The van der Waals surface area contributed by atoms with Crippen LogP contribution in [0, 0.1) is 6.92 Å². The van der Waals surface area contributed by atoms with Gasteiger partial charge in [0.1, 0.15) is 0 Å². The molecule has 1 N–H and O–H groups in total. The second kappa shape index (κ2) is 10.2. The van der Waals surface area contributed by atoms with Gasteiger partial charge in [-0.05, 0) is 24.5 Å². The number of nitrogens with one attached hydrogen (secondary N) is 1. The molecule has 30 heavy (non-hydrogen) atoms. The van der Waals surface area contributed by atoms with E-state index in [4.69, 9.17) is 0 Å². The number of hydrogen-bond donors (Lipinski definition) is 1. The summed E-state index contributed by atoms with van der Waals surface area (Å²) in [5.74, 6) is -0.00806. The maximum absolute atomic E-state index is 12.7. The molecule has 1 heterocycles. The van der Waals surface area contributed by atoms with E-state index in [1.807, 2.05) is 42.2 Å². The maximum atomic E-state index is 12.7. The molecule has 0 radical (unpaired) electrons. The standard InChI is InChI=1S/C23H31N3O3S/c1-3-22(21-11-9-19(2)10-12-21)24-23(27)17-25-13-15-26(16-14-25)30(28,29)18-20-7-5-4-6-8-20/h4-12,22H,3,13-18H2,1-2H3,(H,24,27)/t22-/m0/s1. The molecule has 0 bridgehead atoms. The van der Waals surface area contributed by atoms with Gasteiger partial charge in [-0.2, -0.15) is 4.31 Å². The molecule has 1 saturated heterocycles. The van der Waals surface area contributed by atoms with E-state index >= 15 is 0 Å². The van der Waals surface area contributed by atoms with Crippen molar-refractivity contribution in [3.8, 4) is 0 Å². The highest BCUT2D eigenvalue weighted by Crippen LogP contribution is 2.17. The molecule has 1 atom stereocenters. The quantitative estimate of drug-likeness (QED) is 0.701. The van der Waals surface area contributed by atoms with Gasteiger partial charge in [0, 0.05) is 26.2 Å². The van der Waals surface area contributed by atoms with Gasteiger partial charge in [0.25, 0.3) is 0 Å². The summed E-state index contributed by atoms with van der Waals surface area (Å²) in [6.07, 6.45) is 0.820.